The van der Waals surface area contributed by atoms with Crippen LogP contribution in [0.1, 0.15) is 0 Å². The zero-order chi connectivity index (χ0) is 21.1. The summed E-state index contributed by atoms with van der Waals surface area (Å²) in [6, 6.07) is 22.4. The number of halogens is 1. The average molecular weight is 420 g/mol. The van der Waals surface area contributed by atoms with Crippen LogP contribution in [-0.4, -0.2) is 14.7 Å². The fourth-order valence-corrected chi connectivity index (χ4v) is 3.08. The lowest BCUT2D eigenvalue weighted by molar-refractivity contribution is -0.384. The van der Waals surface area contributed by atoms with Gasteiger partial charge in [0, 0.05) is 11.6 Å². The van der Waals surface area contributed by atoms with Crippen molar-refractivity contribution < 1.29 is 4.92 Å². The largest absolute Gasteiger partial charge is 0.299 e. The zero-order valence-corrected chi connectivity index (χ0v) is 16.2. The molecule has 9 heteroatoms. The van der Waals surface area contributed by atoms with Gasteiger partial charge < -0.3 is 0 Å². The predicted octanol–water partition coefficient (Wildman–Crippen LogP) is 5.81. The Kier molecular flexibility index (Phi) is 5.23. The van der Waals surface area contributed by atoms with Gasteiger partial charge in [-0.3, -0.25) is 20.0 Å². The molecule has 0 saturated carbocycles. The fraction of sp³-hybridized carbons (Fsp3) is 0. The van der Waals surface area contributed by atoms with E-state index in [1.807, 2.05) is 48.5 Å². The Bertz CT molecular complexity index is 1300. The molecular weight excluding hydrogens is 406 g/mol. The van der Waals surface area contributed by atoms with E-state index in [-0.39, 0.29) is 22.1 Å². The molecule has 0 fully saturated rings. The summed E-state index contributed by atoms with van der Waals surface area (Å²) in [4.78, 5) is 23.6. The quantitative estimate of drug-likeness (QED) is 0.250. The van der Waals surface area contributed by atoms with Gasteiger partial charge in [0.1, 0.15) is 5.02 Å². The molecule has 8 nitrogen and oxygen atoms in total. The van der Waals surface area contributed by atoms with Crippen LogP contribution in [0.25, 0.3) is 16.9 Å². The van der Waals surface area contributed by atoms with Crippen LogP contribution in [0.3, 0.4) is 0 Å². The molecule has 0 amide bonds. The molecule has 1 N–H and O–H groups in total. The summed E-state index contributed by atoms with van der Waals surface area (Å²) in [7, 11) is 0. The van der Waals surface area contributed by atoms with Crippen LogP contribution >= 0.6 is 11.6 Å². The van der Waals surface area contributed by atoms with E-state index in [0.29, 0.717) is 11.4 Å². The topological polar surface area (TPSA) is 106 Å². The molecule has 148 valence electrons. The number of hydrogen-bond donors (Lipinski definition) is 1. The Morgan fingerprint density at radius 2 is 1.60 bits per heavy atom. The van der Waals surface area contributed by atoms with Gasteiger partial charge in [0.15, 0.2) is 5.69 Å². The summed E-state index contributed by atoms with van der Waals surface area (Å²) in [6.07, 6.45) is 0. The van der Waals surface area contributed by atoms with Gasteiger partial charge in [-0.2, -0.15) is 5.11 Å². The Morgan fingerprint density at radius 3 is 2.27 bits per heavy atom. The highest BCUT2D eigenvalue weighted by Gasteiger charge is 2.17. The van der Waals surface area contributed by atoms with Gasteiger partial charge in [-0.15, -0.1) is 5.11 Å². The van der Waals surface area contributed by atoms with Crippen LogP contribution in [-0.2, 0) is 0 Å². The molecule has 3 aromatic carbocycles. The number of aromatic nitrogens is 2. The third-order valence-electron chi connectivity index (χ3n) is 4.33. The van der Waals surface area contributed by atoms with E-state index in [9.17, 15) is 14.9 Å². The summed E-state index contributed by atoms with van der Waals surface area (Å²) >= 11 is 5.84. The van der Waals surface area contributed by atoms with E-state index in [1.165, 1.54) is 22.9 Å². The summed E-state index contributed by atoms with van der Waals surface area (Å²) in [5, 5.41) is 22.3. The number of nitro benzene ring substituents is 1. The molecule has 4 aromatic rings. The predicted molar refractivity (Wildman–Crippen MR) is 114 cm³/mol. The van der Waals surface area contributed by atoms with Gasteiger partial charge in [0.25, 0.3) is 11.2 Å². The van der Waals surface area contributed by atoms with E-state index >= 15 is 0 Å². The first-order valence-electron chi connectivity index (χ1n) is 8.86. The Hall–Kier alpha value is -4.04. The van der Waals surface area contributed by atoms with Crippen molar-refractivity contribution in [3.8, 4) is 16.9 Å². The summed E-state index contributed by atoms with van der Waals surface area (Å²) in [5.41, 5.74) is 1.49. The van der Waals surface area contributed by atoms with Crippen LogP contribution < -0.4 is 5.56 Å². The van der Waals surface area contributed by atoms with Crippen molar-refractivity contribution in [2.45, 2.75) is 0 Å². The van der Waals surface area contributed by atoms with Gasteiger partial charge in [0.2, 0.25) is 0 Å². The number of nitro groups is 1. The van der Waals surface area contributed by atoms with Crippen molar-refractivity contribution in [3.63, 3.8) is 0 Å². The second-order valence-electron chi connectivity index (χ2n) is 6.27. The zero-order valence-electron chi connectivity index (χ0n) is 15.4. The van der Waals surface area contributed by atoms with Gasteiger partial charge in [-0.05, 0) is 24.3 Å². The van der Waals surface area contributed by atoms with E-state index in [0.717, 1.165) is 5.56 Å². The molecule has 0 aliphatic rings. The molecule has 1 heterocycles. The van der Waals surface area contributed by atoms with Crippen LogP contribution in [0.4, 0.5) is 17.1 Å². The number of H-pyrrole nitrogens is 1. The molecule has 0 aliphatic heterocycles. The molecular formula is C21H14ClN5O3. The summed E-state index contributed by atoms with van der Waals surface area (Å²) in [6.45, 7) is 0. The minimum Gasteiger partial charge on any atom is -0.288 e. The van der Waals surface area contributed by atoms with Gasteiger partial charge >= 0.3 is 0 Å². The van der Waals surface area contributed by atoms with Crippen molar-refractivity contribution in [3.05, 3.63) is 104 Å². The lowest BCUT2D eigenvalue weighted by Crippen LogP contribution is -2.13. The van der Waals surface area contributed by atoms with E-state index < -0.39 is 10.5 Å². The third kappa shape index (κ3) is 3.76. The SMILES string of the molecule is O=c1c(N=Nc2ccc(Cl)c([N+](=O)[O-])c2)c(-c2ccccc2)[nH]n1-c1ccccc1. The normalized spacial score (nSPS) is 11.1. The highest BCUT2D eigenvalue weighted by Crippen LogP contribution is 2.31. The molecule has 0 unspecified atom stereocenters. The second kappa shape index (κ2) is 8.14. The molecule has 0 atom stereocenters. The van der Waals surface area contributed by atoms with Crippen LogP contribution in [0.5, 0.6) is 0 Å². The number of azo groups is 1. The van der Waals surface area contributed by atoms with Crippen molar-refractivity contribution in [1.29, 1.82) is 0 Å². The first-order valence-corrected chi connectivity index (χ1v) is 9.24. The van der Waals surface area contributed by atoms with Crippen LogP contribution in [0.2, 0.25) is 5.02 Å². The maximum atomic E-state index is 13.1. The molecule has 1 aromatic heterocycles. The standard InChI is InChI=1S/C21H14ClN5O3/c22-17-12-11-15(13-18(17)27(29)30)23-24-20-19(14-7-3-1-4-8-14)25-26(21(20)28)16-9-5-2-6-10-16/h1-13,25H. The van der Waals surface area contributed by atoms with Crippen LogP contribution in [0.15, 0.2) is 93.9 Å². The summed E-state index contributed by atoms with van der Waals surface area (Å²) < 4.78 is 1.38. The maximum absolute atomic E-state index is 13.1. The number of hydrogen-bond acceptors (Lipinski definition) is 5. The van der Waals surface area contributed by atoms with E-state index in [1.54, 1.807) is 12.1 Å². The van der Waals surface area contributed by atoms with Gasteiger partial charge in [-0.25, -0.2) is 4.68 Å². The molecule has 0 bridgehead atoms. The Morgan fingerprint density at radius 1 is 0.933 bits per heavy atom. The second-order valence-corrected chi connectivity index (χ2v) is 6.68. The number of rotatable bonds is 5. The lowest BCUT2D eigenvalue weighted by atomic mass is 10.1. The Balaban J connectivity index is 1.84. The summed E-state index contributed by atoms with van der Waals surface area (Å²) in [5.74, 6) is 0. The monoisotopic (exact) mass is 419 g/mol. The molecule has 4 rings (SSSR count). The molecule has 0 radical (unpaired) electrons. The first-order chi connectivity index (χ1) is 14.5. The van der Waals surface area contributed by atoms with Crippen molar-refractivity contribution in [1.82, 2.24) is 9.78 Å². The fourth-order valence-electron chi connectivity index (χ4n) is 2.90. The average Bonchev–Trinajstić information content (AvgIpc) is 3.10. The molecule has 30 heavy (non-hydrogen) atoms. The molecule has 0 saturated heterocycles. The van der Waals surface area contributed by atoms with Crippen molar-refractivity contribution >= 4 is 28.7 Å². The van der Waals surface area contributed by atoms with Crippen molar-refractivity contribution in [2.24, 2.45) is 10.2 Å². The lowest BCUT2D eigenvalue weighted by Gasteiger charge is -2.01. The first kappa shape index (κ1) is 19.3. The van der Waals surface area contributed by atoms with Crippen LogP contribution in [0, 0.1) is 10.1 Å². The number of para-hydroxylation sites is 1. The van der Waals surface area contributed by atoms with E-state index in [2.05, 4.69) is 15.3 Å². The van der Waals surface area contributed by atoms with Gasteiger partial charge in [0.05, 0.1) is 22.0 Å². The number of nitrogens with one attached hydrogen (secondary N) is 1. The highest BCUT2D eigenvalue weighted by atomic mass is 35.5. The maximum Gasteiger partial charge on any atom is 0.299 e. The number of benzene rings is 3. The third-order valence-corrected chi connectivity index (χ3v) is 4.65. The highest BCUT2D eigenvalue weighted by molar-refractivity contribution is 6.32. The Labute approximate surface area is 175 Å². The van der Waals surface area contributed by atoms with Gasteiger partial charge in [-0.1, -0.05) is 60.1 Å². The number of nitrogens with zero attached hydrogens (tertiary/aromatic N) is 4. The van der Waals surface area contributed by atoms with Crippen molar-refractivity contribution in [2.75, 3.05) is 0 Å². The minimum absolute atomic E-state index is 0.00278. The molecule has 0 aliphatic carbocycles. The smallest absolute Gasteiger partial charge is 0.288 e. The number of aromatic amines is 1. The minimum atomic E-state index is -0.602. The van der Waals surface area contributed by atoms with E-state index in [4.69, 9.17) is 11.6 Å². The molecule has 0 spiro atoms.